The molecule has 0 saturated carbocycles. The molecule has 0 radical (unpaired) electrons. The quantitative estimate of drug-likeness (QED) is 0.819. The average Bonchev–Trinajstić information content (AvgIpc) is 3.09. The van der Waals surface area contributed by atoms with E-state index >= 15 is 0 Å². The standard InChI is InChI=1S/C20H28N2O2S/c1-5-15-6-7-19(25-15)20-16-13-18(24-11-10-22(2)3)17(23-4)12-14(16)8-9-21-20/h6-7,12-13,20-21H,5,8-11H2,1-4H3. The molecule has 0 spiro atoms. The van der Waals surface area contributed by atoms with Gasteiger partial charge in [-0.25, -0.2) is 0 Å². The Labute approximate surface area is 154 Å². The van der Waals surface area contributed by atoms with Crippen molar-refractivity contribution < 1.29 is 9.47 Å². The number of ether oxygens (including phenoxy) is 2. The fourth-order valence-corrected chi connectivity index (χ4v) is 4.22. The van der Waals surface area contributed by atoms with Gasteiger partial charge in [0.05, 0.1) is 13.2 Å². The minimum Gasteiger partial charge on any atom is -0.493 e. The van der Waals surface area contributed by atoms with Crippen molar-refractivity contribution in [3.63, 3.8) is 0 Å². The lowest BCUT2D eigenvalue weighted by Crippen LogP contribution is -2.30. The van der Waals surface area contributed by atoms with Crippen molar-refractivity contribution in [2.75, 3.05) is 40.9 Å². The second-order valence-electron chi connectivity index (χ2n) is 6.65. The van der Waals surface area contributed by atoms with Crippen LogP contribution < -0.4 is 14.8 Å². The van der Waals surface area contributed by atoms with Gasteiger partial charge in [0.15, 0.2) is 11.5 Å². The molecule has 0 amide bonds. The summed E-state index contributed by atoms with van der Waals surface area (Å²) in [5.41, 5.74) is 2.67. The molecule has 4 nitrogen and oxygen atoms in total. The van der Waals surface area contributed by atoms with Crippen LogP contribution in [0.15, 0.2) is 24.3 Å². The summed E-state index contributed by atoms with van der Waals surface area (Å²) in [7, 11) is 5.82. The molecular weight excluding hydrogens is 332 g/mol. The molecule has 0 saturated heterocycles. The summed E-state index contributed by atoms with van der Waals surface area (Å²) in [6.07, 6.45) is 2.11. The minimum atomic E-state index is 0.246. The Morgan fingerprint density at radius 3 is 2.76 bits per heavy atom. The van der Waals surface area contributed by atoms with E-state index < -0.39 is 0 Å². The highest BCUT2D eigenvalue weighted by Gasteiger charge is 2.25. The summed E-state index contributed by atoms with van der Waals surface area (Å²) in [5, 5.41) is 3.67. The molecule has 1 unspecified atom stereocenters. The van der Waals surface area contributed by atoms with E-state index in [1.165, 1.54) is 20.9 Å². The number of methoxy groups -OCH3 is 1. The highest BCUT2D eigenvalue weighted by molar-refractivity contribution is 7.12. The summed E-state index contributed by atoms with van der Waals surface area (Å²) < 4.78 is 11.6. The van der Waals surface area contributed by atoms with Gasteiger partial charge in [0.1, 0.15) is 6.61 Å². The van der Waals surface area contributed by atoms with Gasteiger partial charge in [-0.3, -0.25) is 0 Å². The van der Waals surface area contributed by atoms with Crippen molar-refractivity contribution in [1.29, 1.82) is 0 Å². The van der Waals surface area contributed by atoms with Crippen LogP contribution >= 0.6 is 11.3 Å². The Bertz CT molecular complexity index is 712. The van der Waals surface area contributed by atoms with Crippen molar-refractivity contribution in [3.05, 3.63) is 45.1 Å². The molecule has 0 bridgehead atoms. The molecule has 2 heterocycles. The fourth-order valence-electron chi connectivity index (χ4n) is 3.17. The highest BCUT2D eigenvalue weighted by atomic mass is 32.1. The van der Waals surface area contributed by atoms with Crippen LogP contribution in [0.4, 0.5) is 0 Å². The first-order valence-corrected chi connectivity index (χ1v) is 9.74. The number of rotatable bonds is 7. The van der Waals surface area contributed by atoms with Crippen LogP contribution in [0.3, 0.4) is 0 Å². The van der Waals surface area contributed by atoms with Gasteiger partial charge < -0.3 is 19.7 Å². The van der Waals surface area contributed by atoms with E-state index in [1.54, 1.807) is 7.11 Å². The first-order valence-electron chi connectivity index (χ1n) is 8.92. The number of aryl methyl sites for hydroxylation is 1. The monoisotopic (exact) mass is 360 g/mol. The van der Waals surface area contributed by atoms with E-state index in [-0.39, 0.29) is 6.04 Å². The number of hydrogen-bond donors (Lipinski definition) is 1. The summed E-state index contributed by atoms with van der Waals surface area (Å²) in [6, 6.07) is 9.08. The first kappa shape index (κ1) is 18.2. The predicted octanol–water partition coefficient (Wildman–Crippen LogP) is 3.49. The van der Waals surface area contributed by atoms with E-state index in [9.17, 15) is 0 Å². The van der Waals surface area contributed by atoms with Crippen LogP contribution in [0.2, 0.25) is 0 Å². The van der Waals surface area contributed by atoms with E-state index in [0.717, 1.165) is 37.4 Å². The first-order chi connectivity index (χ1) is 12.1. The van der Waals surface area contributed by atoms with Gasteiger partial charge in [0.25, 0.3) is 0 Å². The maximum Gasteiger partial charge on any atom is 0.161 e. The average molecular weight is 361 g/mol. The zero-order valence-corrected chi connectivity index (χ0v) is 16.4. The molecule has 1 aliphatic heterocycles. The lowest BCUT2D eigenvalue weighted by Gasteiger charge is -2.28. The molecule has 1 aliphatic rings. The summed E-state index contributed by atoms with van der Waals surface area (Å²) in [6.45, 7) is 4.73. The highest BCUT2D eigenvalue weighted by Crippen LogP contribution is 2.39. The van der Waals surface area contributed by atoms with Gasteiger partial charge in [-0.05, 0) is 62.3 Å². The second-order valence-corrected chi connectivity index (χ2v) is 7.85. The molecule has 5 heteroatoms. The summed E-state index contributed by atoms with van der Waals surface area (Å²) in [4.78, 5) is 4.93. The van der Waals surface area contributed by atoms with Gasteiger partial charge in [-0.15, -0.1) is 11.3 Å². The van der Waals surface area contributed by atoms with Gasteiger partial charge in [-0.1, -0.05) is 6.92 Å². The zero-order valence-electron chi connectivity index (χ0n) is 15.6. The van der Waals surface area contributed by atoms with Crippen LogP contribution in [0, 0.1) is 0 Å². The minimum absolute atomic E-state index is 0.246. The third-order valence-corrected chi connectivity index (χ3v) is 5.89. The van der Waals surface area contributed by atoms with Crippen LogP contribution in [0.25, 0.3) is 0 Å². The largest absolute Gasteiger partial charge is 0.493 e. The van der Waals surface area contributed by atoms with E-state index in [2.05, 4.69) is 55.5 Å². The van der Waals surface area contributed by atoms with Gasteiger partial charge in [0.2, 0.25) is 0 Å². The Kier molecular flexibility index (Phi) is 5.99. The number of hydrogen-bond acceptors (Lipinski definition) is 5. The maximum absolute atomic E-state index is 6.02. The molecule has 1 aromatic carbocycles. The van der Waals surface area contributed by atoms with Crippen molar-refractivity contribution in [2.24, 2.45) is 0 Å². The number of benzene rings is 1. The van der Waals surface area contributed by atoms with E-state index in [1.807, 2.05) is 11.3 Å². The number of thiophene rings is 1. The fraction of sp³-hybridized carbons (Fsp3) is 0.500. The summed E-state index contributed by atoms with van der Waals surface area (Å²) in [5.74, 6) is 1.67. The Balaban J connectivity index is 1.90. The van der Waals surface area contributed by atoms with Gasteiger partial charge in [0, 0.05) is 22.8 Å². The molecule has 3 rings (SSSR count). The Morgan fingerprint density at radius 2 is 2.08 bits per heavy atom. The molecule has 1 N–H and O–H groups in total. The van der Waals surface area contributed by atoms with Crippen LogP contribution in [-0.2, 0) is 12.8 Å². The Hall–Kier alpha value is -1.56. The van der Waals surface area contributed by atoms with E-state index in [4.69, 9.17) is 9.47 Å². The molecule has 1 atom stereocenters. The SMILES string of the molecule is CCc1ccc(C2NCCc3cc(OC)c(OCCN(C)C)cc32)s1. The third-order valence-electron chi connectivity index (χ3n) is 4.59. The lowest BCUT2D eigenvalue weighted by atomic mass is 9.92. The number of fused-ring (bicyclic) bond motifs is 1. The Morgan fingerprint density at radius 1 is 1.24 bits per heavy atom. The van der Waals surface area contributed by atoms with Crippen molar-refractivity contribution >= 4 is 11.3 Å². The smallest absolute Gasteiger partial charge is 0.161 e. The van der Waals surface area contributed by atoms with Crippen molar-refractivity contribution in [2.45, 2.75) is 25.8 Å². The normalized spacial score (nSPS) is 16.8. The van der Waals surface area contributed by atoms with Crippen LogP contribution in [0.5, 0.6) is 11.5 Å². The maximum atomic E-state index is 6.02. The second kappa shape index (κ2) is 8.21. The lowest BCUT2D eigenvalue weighted by molar-refractivity contribution is 0.250. The molecule has 0 aliphatic carbocycles. The zero-order chi connectivity index (χ0) is 17.8. The van der Waals surface area contributed by atoms with Crippen LogP contribution in [0.1, 0.15) is 33.8 Å². The predicted molar refractivity (Wildman–Crippen MR) is 104 cm³/mol. The third kappa shape index (κ3) is 4.17. The van der Waals surface area contributed by atoms with Crippen molar-refractivity contribution in [1.82, 2.24) is 10.2 Å². The number of likely N-dealkylation sites (N-methyl/N-ethyl adjacent to an activating group) is 1. The molecular formula is C20H28N2O2S. The number of nitrogens with zero attached hydrogens (tertiary/aromatic N) is 1. The summed E-state index contributed by atoms with van der Waals surface area (Å²) >= 11 is 1.90. The molecule has 136 valence electrons. The topological polar surface area (TPSA) is 33.7 Å². The molecule has 0 fully saturated rings. The molecule has 1 aromatic heterocycles. The van der Waals surface area contributed by atoms with E-state index in [0.29, 0.717) is 6.61 Å². The molecule has 25 heavy (non-hydrogen) atoms. The van der Waals surface area contributed by atoms with Crippen molar-refractivity contribution in [3.8, 4) is 11.5 Å². The van der Waals surface area contributed by atoms with Gasteiger partial charge >= 0.3 is 0 Å². The van der Waals surface area contributed by atoms with Crippen LogP contribution in [-0.4, -0.2) is 45.8 Å². The number of nitrogens with one attached hydrogen (secondary N) is 1. The molecule has 2 aromatic rings. The van der Waals surface area contributed by atoms with Gasteiger partial charge in [-0.2, -0.15) is 0 Å².